The van der Waals surface area contributed by atoms with Gasteiger partial charge in [0.15, 0.2) is 23.3 Å². The number of aldehydes is 1. The highest BCUT2D eigenvalue weighted by atomic mass is 32.5. The van der Waals surface area contributed by atoms with Crippen LogP contribution < -0.4 is 16.3 Å². The van der Waals surface area contributed by atoms with Crippen LogP contribution >= 0.6 is 26.3 Å². The molecular weight excluding hydrogens is 680 g/mol. The van der Waals surface area contributed by atoms with Crippen molar-refractivity contribution < 1.29 is 47.3 Å². The first-order valence-electron chi connectivity index (χ1n) is 12.9. The fourth-order valence-electron chi connectivity index (χ4n) is 5.10. The number of carbonyl (C=O) groups is 1. The number of imidazole rings is 1. The lowest BCUT2D eigenvalue weighted by atomic mass is 10.1. The van der Waals surface area contributed by atoms with Gasteiger partial charge in [0.1, 0.15) is 66.1 Å². The van der Waals surface area contributed by atoms with Crippen molar-refractivity contribution in [3.05, 3.63) is 28.6 Å². The van der Waals surface area contributed by atoms with Crippen molar-refractivity contribution in [2.45, 2.75) is 43.3 Å². The number of anilines is 2. The number of ether oxygens (including phenoxy) is 2. The molecule has 0 radical (unpaired) electrons. The molecule has 9 atom stereocenters. The van der Waals surface area contributed by atoms with E-state index in [1.54, 1.807) is 0 Å². The summed E-state index contributed by atoms with van der Waals surface area (Å²) in [5.41, 5.74) is 12.5. The molecule has 6 unspecified atom stereocenters. The molecule has 4 aromatic rings. The molecule has 4 aromatic heterocycles. The SMILES string of the molecule is Nc1ncnc2c1ncn2[C@@H]1OC(COP(O)(=S)O[C@@H]2C(O)C(CO[P+](=O)O)O[C@H]2n2c(=O)sc3c(N)ncnc32)CC1C=O. The van der Waals surface area contributed by atoms with E-state index in [-0.39, 0.29) is 35.0 Å². The van der Waals surface area contributed by atoms with Crippen molar-refractivity contribution in [1.29, 1.82) is 0 Å². The number of rotatable bonds is 11. The zero-order valence-corrected chi connectivity index (χ0v) is 26.0. The Hall–Kier alpha value is -2.98. The summed E-state index contributed by atoms with van der Waals surface area (Å²) in [6.07, 6.45) is -2.80. The van der Waals surface area contributed by atoms with Gasteiger partial charge in [-0.25, -0.2) is 24.9 Å². The standard InChI is InChI=1S/C21H23N9O11P2S2/c22-15-11-17(26-5-24-15)29(7-28-11)19-8(2-31)1-9(39-19)3-38-43(36,44)41-13-12(32)10(4-37-42(34)35)40-20(13)30-18-14(45-21(30)33)16(23)25-6-27-18/h2,5-10,12-13,19-20,32H,1,3-4H2,(H5-,22,23,24,25,26,27,34,35,36,44)/p+1/t8?,9?,10?,12?,13-,19-,20-,43?/m1/s1. The topological polar surface area (TPSA) is 284 Å². The third kappa shape index (κ3) is 6.24. The highest BCUT2D eigenvalue weighted by molar-refractivity contribution is 8.07. The molecule has 240 valence electrons. The Morgan fingerprint density at radius 2 is 1.87 bits per heavy atom. The second-order valence-corrected chi connectivity index (χ2v) is 14.3. The number of hydrogen-bond acceptors (Lipinski definition) is 18. The van der Waals surface area contributed by atoms with Crippen molar-refractivity contribution in [3.8, 4) is 0 Å². The van der Waals surface area contributed by atoms with Crippen LogP contribution in [-0.2, 0) is 44.2 Å². The monoisotopic (exact) mass is 704 g/mol. The van der Waals surface area contributed by atoms with E-state index in [1.165, 1.54) is 17.2 Å². The number of aliphatic hydroxyl groups excluding tert-OH is 1. The zero-order valence-electron chi connectivity index (χ0n) is 22.6. The second-order valence-electron chi connectivity index (χ2n) is 9.84. The normalized spacial score (nSPS) is 28.5. The average Bonchev–Trinajstić information content (AvgIpc) is 3.75. The number of carbonyl (C=O) groups excluding carboxylic acids is 1. The van der Waals surface area contributed by atoms with Crippen molar-refractivity contribution in [1.82, 2.24) is 34.1 Å². The summed E-state index contributed by atoms with van der Waals surface area (Å²) < 4.78 is 41.7. The smallest absolute Gasteiger partial charge is 0.387 e. The molecule has 20 nitrogen and oxygen atoms in total. The highest BCUT2D eigenvalue weighted by Gasteiger charge is 2.50. The second kappa shape index (κ2) is 12.7. The lowest BCUT2D eigenvalue weighted by Crippen LogP contribution is -2.36. The molecule has 6 rings (SSSR count). The lowest BCUT2D eigenvalue weighted by molar-refractivity contribution is -0.114. The van der Waals surface area contributed by atoms with Crippen LogP contribution in [0.25, 0.3) is 21.5 Å². The summed E-state index contributed by atoms with van der Waals surface area (Å²) in [7, 11) is -3.05. The third-order valence-corrected chi connectivity index (χ3v) is 9.99. The highest BCUT2D eigenvalue weighted by Crippen LogP contribution is 2.50. The van der Waals surface area contributed by atoms with Gasteiger partial charge in [0, 0.05) is 4.57 Å². The van der Waals surface area contributed by atoms with Crippen LogP contribution in [0.15, 0.2) is 23.8 Å². The molecule has 0 saturated carbocycles. The zero-order chi connectivity index (χ0) is 32.0. The van der Waals surface area contributed by atoms with E-state index in [4.69, 9.17) is 51.2 Å². The van der Waals surface area contributed by atoms with E-state index < -0.39 is 69.2 Å². The van der Waals surface area contributed by atoms with Crippen LogP contribution in [0.2, 0.25) is 0 Å². The summed E-state index contributed by atoms with van der Waals surface area (Å²) in [6, 6.07) is 0. The maximum Gasteiger partial charge on any atom is 0.694 e. The molecule has 7 N–H and O–H groups in total. The number of nitrogen functional groups attached to an aromatic ring is 2. The summed E-state index contributed by atoms with van der Waals surface area (Å²) in [6.45, 7) is -5.12. The first-order valence-corrected chi connectivity index (χ1v) is 17.4. The van der Waals surface area contributed by atoms with Gasteiger partial charge in [0.2, 0.25) is 0 Å². The number of nitrogens with zero attached hydrogens (tertiary/aromatic N) is 7. The van der Waals surface area contributed by atoms with Crippen molar-refractivity contribution in [2.24, 2.45) is 5.92 Å². The lowest BCUT2D eigenvalue weighted by Gasteiger charge is -2.26. The molecular formula is C21H24N9O11P2S2+. The molecule has 2 fully saturated rings. The molecule has 0 spiro atoms. The minimum Gasteiger partial charge on any atom is -0.387 e. The average molecular weight is 705 g/mol. The van der Waals surface area contributed by atoms with Gasteiger partial charge in [-0.3, -0.25) is 18.5 Å². The van der Waals surface area contributed by atoms with Crippen LogP contribution in [0.5, 0.6) is 0 Å². The number of nitrogens with two attached hydrogens (primary N) is 2. The molecule has 0 aromatic carbocycles. The van der Waals surface area contributed by atoms with Crippen LogP contribution in [0.1, 0.15) is 18.9 Å². The van der Waals surface area contributed by atoms with E-state index in [1.807, 2.05) is 0 Å². The Morgan fingerprint density at radius 3 is 2.60 bits per heavy atom. The molecule has 0 bridgehead atoms. The van der Waals surface area contributed by atoms with Crippen molar-refractivity contribution in [3.63, 3.8) is 0 Å². The number of fused-ring (bicyclic) bond motifs is 2. The fraction of sp³-hybridized carbons (Fsp3) is 0.476. The van der Waals surface area contributed by atoms with Gasteiger partial charge in [-0.15, -0.1) is 9.42 Å². The summed E-state index contributed by atoms with van der Waals surface area (Å²) >= 11 is 5.93. The minimum atomic E-state index is -4.22. The van der Waals surface area contributed by atoms with Crippen LogP contribution in [-0.4, -0.2) is 92.9 Å². The van der Waals surface area contributed by atoms with Crippen molar-refractivity contribution in [2.75, 3.05) is 24.7 Å². The fourth-order valence-corrected chi connectivity index (χ4v) is 7.67. The minimum absolute atomic E-state index is 0.0211. The number of aliphatic hydroxyl groups is 1. The molecule has 2 aliphatic rings. The van der Waals surface area contributed by atoms with Gasteiger partial charge >= 0.3 is 19.8 Å². The van der Waals surface area contributed by atoms with Crippen molar-refractivity contribution >= 4 is 77.5 Å². The first kappa shape index (κ1) is 32.0. The maximum atomic E-state index is 13.0. The Bertz CT molecular complexity index is 1870. The predicted molar refractivity (Wildman–Crippen MR) is 157 cm³/mol. The van der Waals surface area contributed by atoms with Gasteiger partial charge in [-0.05, 0) is 18.2 Å². The van der Waals surface area contributed by atoms with E-state index in [9.17, 15) is 24.2 Å². The van der Waals surface area contributed by atoms with Crippen LogP contribution in [0, 0.1) is 5.92 Å². The van der Waals surface area contributed by atoms with E-state index in [2.05, 4.69) is 24.9 Å². The molecule has 0 amide bonds. The van der Waals surface area contributed by atoms with Gasteiger partial charge in [-0.2, -0.15) is 0 Å². The number of thiazole rings is 1. The largest absolute Gasteiger partial charge is 0.694 e. The predicted octanol–water partition coefficient (Wildman–Crippen LogP) is -0.497. The van der Waals surface area contributed by atoms with E-state index in [0.717, 1.165) is 10.9 Å². The molecule has 0 aliphatic carbocycles. The molecule has 2 saturated heterocycles. The maximum absolute atomic E-state index is 13.0. The molecule has 45 heavy (non-hydrogen) atoms. The Balaban J connectivity index is 1.20. The Kier molecular flexibility index (Phi) is 9.00. The quantitative estimate of drug-likeness (QED) is 0.0971. The Labute approximate surface area is 261 Å². The summed E-state index contributed by atoms with van der Waals surface area (Å²) in [5.74, 6) is -0.472. The van der Waals surface area contributed by atoms with E-state index >= 15 is 0 Å². The number of aromatic nitrogens is 7. The van der Waals surface area contributed by atoms with Crippen LogP contribution in [0.3, 0.4) is 0 Å². The van der Waals surface area contributed by atoms with Gasteiger partial charge in [0.05, 0.1) is 25.0 Å². The molecule has 2 aliphatic heterocycles. The van der Waals surface area contributed by atoms with E-state index in [0.29, 0.717) is 28.8 Å². The number of hydrogen-bond donors (Lipinski definition) is 5. The third-order valence-electron chi connectivity index (χ3n) is 7.09. The summed E-state index contributed by atoms with van der Waals surface area (Å²) in [4.78, 5) is 64.6. The first-order chi connectivity index (χ1) is 21.5. The van der Waals surface area contributed by atoms with Gasteiger partial charge in [0.25, 0.3) is 0 Å². The van der Waals surface area contributed by atoms with Gasteiger partial charge in [-0.1, -0.05) is 11.3 Å². The Morgan fingerprint density at radius 1 is 1.13 bits per heavy atom. The molecule has 24 heteroatoms. The van der Waals surface area contributed by atoms with Crippen LogP contribution in [0.4, 0.5) is 11.6 Å². The summed E-state index contributed by atoms with van der Waals surface area (Å²) in [5, 5.41) is 11.0. The molecule has 6 heterocycles. The van der Waals surface area contributed by atoms with Gasteiger partial charge < -0.3 is 40.3 Å².